The summed E-state index contributed by atoms with van der Waals surface area (Å²) in [6.07, 6.45) is 0. The summed E-state index contributed by atoms with van der Waals surface area (Å²) in [6.45, 7) is 0. The summed E-state index contributed by atoms with van der Waals surface area (Å²) in [5.74, 6) is -0.151. The van der Waals surface area contributed by atoms with Gasteiger partial charge in [0.2, 0.25) is 5.91 Å². The zero-order chi connectivity index (χ0) is 13.4. The third kappa shape index (κ3) is 1.78. The fourth-order valence-electron chi connectivity index (χ4n) is 2.46. The first-order chi connectivity index (χ1) is 9.24. The van der Waals surface area contributed by atoms with Gasteiger partial charge in [0.05, 0.1) is 22.7 Å². The first-order valence-electron chi connectivity index (χ1n) is 6.04. The Balaban J connectivity index is 2.26. The standard InChI is InChI=1S/C15H13ClN2O/c1-17-11-6-2-4-8-13(11)18(15(19)10-16)14-9-5-3-7-12(14)17/h2-9H,10H2,1H3. The van der Waals surface area contributed by atoms with E-state index in [9.17, 15) is 4.79 Å². The van der Waals surface area contributed by atoms with Gasteiger partial charge in [0.1, 0.15) is 5.88 Å². The molecule has 2 aromatic rings. The molecule has 0 radical (unpaired) electrons. The first kappa shape index (κ1) is 12.1. The molecule has 0 saturated heterocycles. The Morgan fingerprint density at radius 3 is 1.79 bits per heavy atom. The Bertz CT molecular complexity index is 594. The van der Waals surface area contributed by atoms with Crippen LogP contribution in [0.15, 0.2) is 48.5 Å². The lowest BCUT2D eigenvalue weighted by molar-refractivity contribution is -0.115. The van der Waals surface area contributed by atoms with E-state index in [0.717, 1.165) is 22.7 Å². The predicted octanol–water partition coefficient (Wildman–Crippen LogP) is 3.67. The van der Waals surface area contributed by atoms with Crippen molar-refractivity contribution in [3.63, 3.8) is 0 Å². The molecule has 19 heavy (non-hydrogen) atoms. The van der Waals surface area contributed by atoms with E-state index in [2.05, 4.69) is 4.90 Å². The Kier molecular flexibility index (Phi) is 2.91. The van der Waals surface area contributed by atoms with Crippen molar-refractivity contribution in [2.24, 2.45) is 0 Å². The van der Waals surface area contributed by atoms with Gasteiger partial charge in [-0.05, 0) is 24.3 Å². The average Bonchev–Trinajstić information content (AvgIpc) is 2.47. The molecule has 0 aliphatic carbocycles. The number of fused-ring (bicyclic) bond motifs is 2. The van der Waals surface area contributed by atoms with Crippen molar-refractivity contribution in [2.75, 3.05) is 22.7 Å². The molecule has 0 bridgehead atoms. The van der Waals surface area contributed by atoms with Crippen LogP contribution in [0.3, 0.4) is 0 Å². The molecule has 1 heterocycles. The van der Waals surface area contributed by atoms with E-state index in [0.29, 0.717) is 0 Å². The van der Waals surface area contributed by atoms with Crippen LogP contribution in [0.25, 0.3) is 0 Å². The summed E-state index contributed by atoms with van der Waals surface area (Å²) >= 11 is 5.75. The number of hydrogen-bond donors (Lipinski definition) is 0. The number of amides is 1. The average molecular weight is 273 g/mol. The highest BCUT2D eigenvalue weighted by Gasteiger charge is 2.29. The summed E-state index contributed by atoms with van der Waals surface area (Å²) < 4.78 is 0. The van der Waals surface area contributed by atoms with Gasteiger partial charge in [-0.25, -0.2) is 0 Å². The van der Waals surface area contributed by atoms with E-state index in [-0.39, 0.29) is 11.8 Å². The molecule has 96 valence electrons. The predicted molar refractivity (Wildman–Crippen MR) is 78.8 cm³/mol. The van der Waals surface area contributed by atoms with E-state index < -0.39 is 0 Å². The number of nitrogens with zero attached hydrogens (tertiary/aromatic N) is 2. The van der Waals surface area contributed by atoms with E-state index in [4.69, 9.17) is 11.6 Å². The summed E-state index contributed by atoms with van der Waals surface area (Å²) in [5, 5.41) is 0. The van der Waals surface area contributed by atoms with Gasteiger partial charge in [0.15, 0.2) is 0 Å². The molecule has 3 rings (SSSR count). The maximum absolute atomic E-state index is 12.2. The molecular weight excluding hydrogens is 260 g/mol. The van der Waals surface area contributed by atoms with Crippen LogP contribution in [0, 0.1) is 0 Å². The number of halogens is 1. The van der Waals surface area contributed by atoms with Gasteiger partial charge in [-0.2, -0.15) is 0 Å². The van der Waals surface area contributed by atoms with Gasteiger partial charge in [-0.15, -0.1) is 11.6 Å². The van der Waals surface area contributed by atoms with Gasteiger partial charge in [-0.3, -0.25) is 9.69 Å². The molecule has 1 amide bonds. The van der Waals surface area contributed by atoms with Crippen molar-refractivity contribution < 1.29 is 4.79 Å². The second kappa shape index (κ2) is 4.59. The van der Waals surface area contributed by atoms with E-state index in [1.807, 2.05) is 55.6 Å². The molecule has 2 aromatic carbocycles. The van der Waals surface area contributed by atoms with Crippen molar-refractivity contribution in [2.45, 2.75) is 0 Å². The topological polar surface area (TPSA) is 23.6 Å². The molecule has 3 nitrogen and oxygen atoms in total. The number of para-hydroxylation sites is 4. The molecular formula is C15H13ClN2O. The number of anilines is 4. The minimum absolute atomic E-state index is 0.0353. The van der Waals surface area contributed by atoms with E-state index in [1.165, 1.54) is 0 Å². The number of benzene rings is 2. The molecule has 0 N–H and O–H groups in total. The molecule has 0 saturated carbocycles. The van der Waals surface area contributed by atoms with Crippen LogP contribution in [0.1, 0.15) is 0 Å². The molecule has 0 atom stereocenters. The molecule has 0 spiro atoms. The van der Waals surface area contributed by atoms with Crippen molar-refractivity contribution in [3.05, 3.63) is 48.5 Å². The van der Waals surface area contributed by atoms with Crippen molar-refractivity contribution in [1.29, 1.82) is 0 Å². The molecule has 1 aliphatic heterocycles. The summed E-state index contributed by atoms with van der Waals surface area (Å²) in [5.41, 5.74) is 3.74. The van der Waals surface area contributed by atoms with E-state index >= 15 is 0 Å². The minimum Gasteiger partial charge on any atom is -0.341 e. The number of carbonyl (C=O) groups is 1. The van der Waals surface area contributed by atoms with E-state index in [1.54, 1.807) is 4.90 Å². The summed E-state index contributed by atoms with van der Waals surface area (Å²) in [7, 11) is 2.00. The lowest BCUT2D eigenvalue weighted by Crippen LogP contribution is -2.33. The van der Waals surface area contributed by atoms with Crippen molar-refractivity contribution in [1.82, 2.24) is 0 Å². The number of carbonyl (C=O) groups excluding carboxylic acids is 1. The molecule has 0 aromatic heterocycles. The molecule has 1 aliphatic rings. The number of rotatable bonds is 1. The highest BCUT2D eigenvalue weighted by Crippen LogP contribution is 2.46. The van der Waals surface area contributed by atoms with Crippen LogP contribution in [-0.2, 0) is 4.79 Å². The van der Waals surface area contributed by atoms with Gasteiger partial charge >= 0.3 is 0 Å². The second-order valence-corrected chi connectivity index (χ2v) is 4.67. The Morgan fingerprint density at radius 2 is 1.37 bits per heavy atom. The highest BCUT2D eigenvalue weighted by molar-refractivity contribution is 6.31. The SMILES string of the molecule is CN1c2ccccc2N(C(=O)CCl)c2ccccc21. The zero-order valence-corrected chi connectivity index (χ0v) is 11.3. The Morgan fingerprint density at radius 1 is 0.947 bits per heavy atom. The van der Waals surface area contributed by atoms with Gasteiger partial charge in [0, 0.05) is 7.05 Å². The van der Waals surface area contributed by atoms with Crippen LogP contribution in [0.5, 0.6) is 0 Å². The number of hydrogen-bond acceptors (Lipinski definition) is 2. The van der Waals surface area contributed by atoms with Crippen LogP contribution in [0.2, 0.25) is 0 Å². The maximum Gasteiger partial charge on any atom is 0.246 e. The fraction of sp³-hybridized carbons (Fsp3) is 0.133. The zero-order valence-electron chi connectivity index (χ0n) is 10.5. The smallest absolute Gasteiger partial charge is 0.246 e. The largest absolute Gasteiger partial charge is 0.341 e. The molecule has 4 heteroatoms. The van der Waals surface area contributed by atoms with Gasteiger partial charge < -0.3 is 4.90 Å². The van der Waals surface area contributed by atoms with Crippen LogP contribution in [0.4, 0.5) is 22.7 Å². The highest BCUT2D eigenvalue weighted by atomic mass is 35.5. The third-order valence-corrected chi connectivity index (χ3v) is 3.56. The lowest BCUT2D eigenvalue weighted by Gasteiger charge is -2.36. The molecule has 0 fully saturated rings. The van der Waals surface area contributed by atoms with Gasteiger partial charge in [-0.1, -0.05) is 24.3 Å². The lowest BCUT2D eigenvalue weighted by atomic mass is 10.1. The number of alkyl halides is 1. The monoisotopic (exact) mass is 272 g/mol. The summed E-state index contributed by atoms with van der Waals surface area (Å²) in [4.78, 5) is 16.0. The van der Waals surface area contributed by atoms with Crippen LogP contribution < -0.4 is 9.80 Å². The normalized spacial score (nSPS) is 12.9. The van der Waals surface area contributed by atoms with Crippen LogP contribution >= 0.6 is 11.6 Å². The Labute approximate surface area is 117 Å². The maximum atomic E-state index is 12.2. The van der Waals surface area contributed by atoms with Crippen LogP contribution in [-0.4, -0.2) is 18.8 Å². The second-order valence-electron chi connectivity index (χ2n) is 4.40. The fourth-order valence-corrected chi connectivity index (χ4v) is 2.58. The minimum atomic E-state index is -0.116. The molecule has 0 unspecified atom stereocenters. The first-order valence-corrected chi connectivity index (χ1v) is 6.58. The van der Waals surface area contributed by atoms with Crippen molar-refractivity contribution in [3.8, 4) is 0 Å². The van der Waals surface area contributed by atoms with Gasteiger partial charge in [0.25, 0.3) is 0 Å². The van der Waals surface area contributed by atoms with Crippen molar-refractivity contribution >= 4 is 40.3 Å². The quantitative estimate of drug-likeness (QED) is 0.740. The third-order valence-electron chi connectivity index (χ3n) is 3.33. The Hall–Kier alpha value is -2.00. The summed E-state index contributed by atoms with van der Waals surface area (Å²) in [6, 6.07) is 15.7.